The third-order valence-corrected chi connectivity index (χ3v) is 4.65. The number of fused-ring (bicyclic) bond motifs is 1. The minimum atomic E-state index is -0.686. The van der Waals surface area contributed by atoms with Crippen LogP contribution in [-0.4, -0.2) is 47.2 Å². The van der Waals surface area contributed by atoms with Crippen LogP contribution in [0.5, 0.6) is 0 Å². The smallest absolute Gasteiger partial charge is 0.420 e. The van der Waals surface area contributed by atoms with Crippen LogP contribution in [0.1, 0.15) is 32.7 Å². The van der Waals surface area contributed by atoms with E-state index in [0.29, 0.717) is 43.6 Å². The molecule has 26 heavy (non-hydrogen) atoms. The third-order valence-electron chi connectivity index (χ3n) is 4.65. The maximum Gasteiger partial charge on any atom is 0.420 e. The van der Waals surface area contributed by atoms with Crippen LogP contribution >= 0.6 is 0 Å². The first kappa shape index (κ1) is 18.0. The Hall–Kier alpha value is -2.77. The van der Waals surface area contributed by atoms with Crippen LogP contribution in [0.15, 0.2) is 33.5 Å². The van der Waals surface area contributed by atoms with Gasteiger partial charge in [0.2, 0.25) is 5.91 Å². The molecule has 1 saturated heterocycles. The molecule has 2 heterocycles. The Morgan fingerprint density at radius 1 is 1.31 bits per heavy atom. The topological polar surface area (TPSA) is 93.8 Å². The molecule has 0 radical (unpaired) electrons. The van der Waals surface area contributed by atoms with Crippen LogP contribution in [0.2, 0.25) is 0 Å². The third kappa shape index (κ3) is 3.58. The van der Waals surface area contributed by atoms with Gasteiger partial charge in [0.15, 0.2) is 5.58 Å². The lowest BCUT2D eigenvalue weighted by molar-refractivity contribution is -0.124. The average molecular weight is 361 g/mol. The van der Waals surface area contributed by atoms with E-state index in [9.17, 15) is 14.4 Å². The molecule has 1 aromatic heterocycles. The lowest BCUT2D eigenvalue weighted by Crippen LogP contribution is -2.48. The summed E-state index contributed by atoms with van der Waals surface area (Å²) in [6.07, 6.45) is 0.985. The zero-order valence-corrected chi connectivity index (χ0v) is 14.9. The van der Waals surface area contributed by atoms with Crippen molar-refractivity contribution in [3.8, 4) is 0 Å². The van der Waals surface area contributed by atoms with Crippen molar-refractivity contribution in [1.29, 1.82) is 0 Å². The highest BCUT2D eigenvalue weighted by Crippen LogP contribution is 2.18. The molecular weight excluding hydrogens is 338 g/mol. The van der Waals surface area contributed by atoms with E-state index in [-0.39, 0.29) is 18.0 Å². The summed E-state index contributed by atoms with van der Waals surface area (Å²) < 4.78 is 11.5. The number of nitrogens with zero attached hydrogens (tertiary/aromatic N) is 2. The Kier molecular flexibility index (Phi) is 5.29. The lowest BCUT2D eigenvalue weighted by atomic mass is 10.0. The highest BCUT2D eigenvalue weighted by Gasteiger charge is 2.27. The normalized spacial score (nSPS) is 16.5. The van der Waals surface area contributed by atoms with E-state index in [1.807, 2.05) is 0 Å². The van der Waals surface area contributed by atoms with Crippen molar-refractivity contribution < 1.29 is 18.7 Å². The molecule has 1 N–H and O–H groups in total. The second-order valence-corrected chi connectivity index (χ2v) is 6.35. The largest absolute Gasteiger partial charge is 0.450 e. The number of piperidine rings is 1. The van der Waals surface area contributed by atoms with E-state index < -0.39 is 11.8 Å². The van der Waals surface area contributed by atoms with Crippen molar-refractivity contribution in [1.82, 2.24) is 14.8 Å². The van der Waals surface area contributed by atoms with E-state index in [2.05, 4.69) is 5.32 Å². The molecule has 0 saturated carbocycles. The lowest BCUT2D eigenvalue weighted by Gasteiger charge is -2.32. The van der Waals surface area contributed by atoms with Crippen LogP contribution in [0.25, 0.3) is 11.1 Å². The summed E-state index contributed by atoms with van der Waals surface area (Å²) in [6, 6.07) is 6.30. The van der Waals surface area contributed by atoms with Gasteiger partial charge in [-0.25, -0.2) is 9.59 Å². The van der Waals surface area contributed by atoms with E-state index in [1.54, 1.807) is 43.0 Å². The van der Waals surface area contributed by atoms with Crippen LogP contribution in [0.3, 0.4) is 0 Å². The molecular formula is C18H23N3O5. The SMILES string of the molecule is CCOC(=O)N1CCC(NC(=O)C(C)n2c(=O)oc3ccccc32)CC1. The van der Waals surface area contributed by atoms with Gasteiger partial charge >= 0.3 is 11.8 Å². The Bertz CT molecular complexity index is 848. The maximum atomic E-state index is 12.6. The monoisotopic (exact) mass is 361 g/mol. The molecule has 0 spiro atoms. The number of rotatable bonds is 4. The highest BCUT2D eigenvalue weighted by atomic mass is 16.6. The Morgan fingerprint density at radius 2 is 2.00 bits per heavy atom. The van der Waals surface area contributed by atoms with Gasteiger partial charge in [0, 0.05) is 19.1 Å². The van der Waals surface area contributed by atoms with Gasteiger partial charge in [-0.2, -0.15) is 0 Å². The van der Waals surface area contributed by atoms with Gasteiger partial charge in [-0.3, -0.25) is 9.36 Å². The summed E-state index contributed by atoms with van der Waals surface area (Å²) in [5.41, 5.74) is 1.05. The van der Waals surface area contributed by atoms with Crippen LogP contribution < -0.4 is 11.1 Å². The molecule has 1 unspecified atom stereocenters. The van der Waals surface area contributed by atoms with Crippen molar-refractivity contribution >= 4 is 23.1 Å². The molecule has 1 aliphatic heterocycles. The highest BCUT2D eigenvalue weighted by molar-refractivity contribution is 5.83. The first-order chi connectivity index (χ1) is 12.5. The summed E-state index contributed by atoms with van der Waals surface area (Å²) in [4.78, 5) is 38.1. The fraction of sp³-hybridized carbons (Fsp3) is 0.500. The zero-order chi connectivity index (χ0) is 18.7. The number of likely N-dealkylation sites (tertiary alicyclic amines) is 1. The Labute approximate surface area is 150 Å². The van der Waals surface area contributed by atoms with Crippen molar-refractivity contribution in [2.24, 2.45) is 0 Å². The summed E-state index contributed by atoms with van der Waals surface area (Å²) in [7, 11) is 0. The Balaban J connectivity index is 1.63. The predicted molar refractivity (Wildman–Crippen MR) is 94.9 cm³/mol. The van der Waals surface area contributed by atoms with Crippen LogP contribution in [-0.2, 0) is 9.53 Å². The van der Waals surface area contributed by atoms with Gasteiger partial charge in [0.1, 0.15) is 6.04 Å². The number of aromatic nitrogens is 1. The molecule has 1 atom stereocenters. The van der Waals surface area contributed by atoms with Crippen LogP contribution in [0.4, 0.5) is 4.79 Å². The van der Waals surface area contributed by atoms with E-state index in [0.717, 1.165) is 0 Å². The molecule has 3 rings (SSSR count). The van der Waals surface area contributed by atoms with Gasteiger partial charge in [0.05, 0.1) is 12.1 Å². The van der Waals surface area contributed by atoms with Crippen molar-refractivity contribution in [2.75, 3.05) is 19.7 Å². The first-order valence-corrected chi connectivity index (χ1v) is 8.83. The molecule has 0 bridgehead atoms. The van der Waals surface area contributed by atoms with E-state index in [4.69, 9.17) is 9.15 Å². The minimum Gasteiger partial charge on any atom is -0.450 e. The van der Waals surface area contributed by atoms with Gasteiger partial charge < -0.3 is 19.4 Å². The molecule has 2 aromatic rings. The number of carbonyl (C=O) groups excluding carboxylic acids is 2. The Morgan fingerprint density at radius 3 is 2.69 bits per heavy atom. The number of para-hydroxylation sites is 2. The molecule has 8 heteroatoms. The summed E-state index contributed by atoms with van der Waals surface area (Å²) in [5.74, 6) is -0.792. The molecule has 8 nitrogen and oxygen atoms in total. The minimum absolute atomic E-state index is 0.0375. The van der Waals surface area contributed by atoms with Gasteiger partial charge in [-0.05, 0) is 38.8 Å². The summed E-state index contributed by atoms with van der Waals surface area (Å²) in [6.45, 7) is 4.86. The number of benzene rings is 1. The molecule has 1 fully saturated rings. The average Bonchev–Trinajstić information content (AvgIpc) is 2.97. The summed E-state index contributed by atoms with van der Waals surface area (Å²) in [5, 5.41) is 2.97. The molecule has 2 amide bonds. The van der Waals surface area contributed by atoms with E-state index in [1.165, 1.54) is 4.57 Å². The predicted octanol–water partition coefficient (Wildman–Crippen LogP) is 1.89. The number of amides is 2. The fourth-order valence-corrected chi connectivity index (χ4v) is 3.21. The van der Waals surface area contributed by atoms with Gasteiger partial charge in [-0.15, -0.1) is 0 Å². The summed E-state index contributed by atoms with van der Waals surface area (Å²) >= 11 is 0. The number of oxazole rings is 1. The number of hydrogen-bond acceptors (Lipinski definition) is 5. The molecule has 140 valence electrons. The zero-order valence-electron chi connectivity index (χ0n) is 14.9. The molecule has 1 aromatic carbocycles. The quantitative estimate of drug-likeness (QED) is 0.897. The van der Waals surface area contributed by atoms with Crippen LogP contribution in [0, 0.1) is 0 Å². The standard InChI is InChI=1S/C18H23N3O5/c1-3-25-17(23)20-10-8-13(9-11-20)19-16(22)12(2)21-14-6-4-5-7-15(14)26-18(21)24/h4-7,12-13H,3,8-11H2,1-2H3,(H,19,22). The van der Waals surface area contributed by atoms with Gasteiger partial charge in [0.25, 0.3) is 0 Å². The fourth-order valence-electron chi connectivity index (χ4n) is 3.21. The van der Waals surface area contributed by atoms with Crippen molar-refractivity contribution in [3.05, 3.63) is 34.8 Å². The number of nitrogens with one attached hydrogen (secondary N) is 1. The van der Waals surface area contributed by atoms with E-state index >= 15 is 0 Å². The van der Waals surface area contributed by atoms with Gasteiger partial charge in [-0.1, -0.05) is 12.1 Å². The number of hydrogen-bond donors (Lipinski definition) is 1. The maximum absolute atomic E-state index is 12.6. The van der Waals surface area contributed by atoms with Crippen molar-refractivity contribution in [3.63, 3.8) is 0 Å². The molecule has 0 aliphatic carbocycles. The first-order valence-electron chi connectivity index (χ1n) is 8.83. The second-order valence-electron chi connectivity index (χ2n) is 6.35. The number of carbonyl (C=O) groups is 2. The second kappa shape index (κ2) is 7.63. The number of ether oxygens (including phenoxy) is 1. The van der Waals surface area contributed by atoms with Crippen molar-refractivity contribution in [2.45, 2.75) is 38.8 Å². The molecule has 1 aliphatic rings.